The van der Waals surface area contributed by atoms with Gasteiger partial charge in [-0.05, 0) is 26.3 Å². The number of hydrogen-bond donors (Lipinski definition) is 1. The molecule has 1 N–H and O–H groups in total. The fourth-order valence-electron chi connectivity index (χ4n) is 2.78. The third kappa shape index (κ3) is 5.80. The predicted octanol–water partition coefficient (Wildman–Crippen LogP) is 1.57. The van der Waals surface area contributed by atoms with E-state index in [0.29, 0.717) is 32.1 Å². The second-order valence-corrected chi connectivity index (χ2v) is 6.62. The number of guanidine groups is 1. The van der Waals surface area contributed by atoms with Crippen LogP contribution < -0.4 is 5.32 Å². The molecule has 0 radical (unpaired) electrons. The largest absolute Gasteiger partial charge is 0.349 e. The Labute approximate surface area is 167 Å². The van der Waals surface area contributed by atoms with E-state index in [0.717, 1.165) is 17.2 Å². The number of nitrogens with zero attached hydrogens (tertiary/aromatic N) is 6. The van der Waals surface area contributed by atoms with Gasteiger partial charge in [-0.2, -0.15) is 0 Å². The Bertz CT molecular complexity index is 781. The van der Waals surface area contributed by atoms with E-state index in [2.05, 4.69) is 15.5 Å². The van der Waals surface area contributed by atoms with Gasteiger partial charge in [-0.15, -0.1) is 10.2 Å². The van der Waals surface area contributed by atoms with Crippen LogP contribution in [0.2, 0.25) is 0 Å². The van der Waals surface area contributed by atoms with Crippen LogP contribution in [0.3, 0.4) is 0 Å². The van der Waals surface area contributed by atoms with Crippen molar-refractivity contribution in [3.05, 3.63) is 47.5 Å². The van der Waals surface area contributed by atoms with Crippen molar-refractivity contribution in [2.24, 2.45) is 12.0 Å². The van der Waals surface area contributed by atoms with Crippen LogP contribution >= 0.6 is 0 Å². The first-order valence-electron chi connectivity index (χ1n) is 9.62. The lowest BCUT2D eigenvalue weighted by Crippen LogP contribution is -2.45. The molecule has 0 unspecified atom stereocenters. The third-order valence-corrected chi connectivity index (χ3v) is 4.69. The van der Waals surface area contributed by atoms with E-state index < -0.39 is 0 Å². The van der Waals surface area contributed by atoms with Gasteiger partial charge in [0.1, 0.15) is 5.82 Å². The molecule has 0 aliphatic carbocycles. The Morgan fingerprint density at radius 1 is 1.18 bits per heavy atom. The first-order chi connectivity index (χ1) is 13.5. The highest BCUT2D eigenvalue weighted by Crippen LogP contribution is 2.03. The monoisotopic (exact) mass is 385 g/mol. The number of amides is 1. The van der Waals surface area contributed by atoms with E-state index in [-0.39, 0.29) is 12.5 Å². The molecule has 0 aliphatic heterocycles. The van der Waals surface area contributed by atoms with E-state index in [9.17, 15) is 4.79 Å². The van der Waals surface area contributed by atoms with Gasteiger partial charge < -0.3 is 19.7 Å². The molecule has 0 atom stereocenters. The van der Waals surface area contributed by atoms with Crippen LogP contribution in [0.25, 0.3) is 0 Å². The van der Waals surface area contributed by atoms with Gasteiger partial charge in [0, 0.05) is 27.2 Å². The molecular weight excluding hydrogens is 354 g/mol. The van der Waals surface area contributed by atoms with Crippen LogP contribution in [0.5, 0.6) is 0 Å². The minimum absolute atomic E-state index is 0.0798. The van der Waals surface area contributed by atoms with Crippen LogP contribution in [0.15, 0.2) is 35.3 Å². The molecule has 0 saturated heterocycles. The molecule has 0 bridgehead atoms. The van der Waals surface area contributed by atoms with Crippen LogP contribution in [-0.2, 0) is 24.9 Å². The van der Waals surface area contributed by atoms with Gasteiger partial charge in [-0.3, -0.25) is 4.79 Å². The number of carbonyl (C=O) groups is 1. The van der Waals surface area contributed by atoms with Gasteiger partial charge in [0.05, 0.1) is 19.6 Å². The number of benzene rings is 1. The average Bonchev–Trinajstić information content (AvgIpc) is 3.01. The average molecular weight is 386 g/mol. The quantitative estimate of drug-likeness (QED) is 0.551. The minimum atomic E-state index is 0.0798. The Morgan fingerprint density at radius 3 is 2.43 bits per heavy atom. The highest BCUT2D eigenvalue weighted by atomic mass is 16.2. The molecule has 0 fully saturated rings. The molecule has 2 rings (SSSR count). The summed E-state index contributed by atoms with van der Waals surface area (Å²) in [5.74, 6) is 2.40. The van der Waals surface area contributed by atoms with Crippen molar-refractivity contribution in [3.8, 4) is 0 Å². The SMILES string of the molecule is CCN(CC)C(=O)CN(C)C(=NCc1ccccc1)NCc1nnc(C)n1C. The van der Waals surface area contributed by atoms with Gasteiger partial charge in [0.25, 0.3) is 0 Å². The molecule has 0 saturated carbocycles. The summed E-state index contributed by atoms with van der Waals surface area (Å²) in [7, 11) is 3.81. The molecule has 1 heterocycles. The van der Waals surface area contributed by atoms with E-state index >= 15 is 0 Å². The molecule has 0 aliphatic rings. The zero-order valence-electron chi connectivity index (χ0n) is 17.5. The lowest BCUT2D eigenvalue weighted by Gasteiger charge is -2.26. The minimum Gasteiger partial charge on any atom is -0.349 e. The highest BCUT2D eigenvalue weighted by Gasteiger charge is 2.16. The number of nitrogens with one attached hydrogen (secondary N) is 1. The summed E-state index contributed by atoms with van der Waals surface area (Å²) in [6, 6.07) is 10.0. The Balaban J connectivity index is 2.12. The summed E-state index contributed by atoms with van der Waals surface area (Å²) in [6.45, 7) is 8.56. The van der Waals surface area contributed by atoms with Crippen molar-refractivity contribution < 1.29 is 4.79 Å². The number of aryl methyl sites for hydroxylation is 1. The van der Waals surface area contributed by atoms with Gasteiger partial charge in [0.2, 0.25) is 5.91 Å². The summed E-state index contributed by atoms with van der Waals surface area (Å²) >= 11 is 0. The van der Waals surface area contributed by atoms with Crippen molar-refractivity contribution in [3.63, 3.8) is 0 Å². The van der Waals surface area contributed by atoms with Crippen LogP contribution in [-0.4, -0.2) is 63.1 Å². The summed E-state index contributed by atoms with van der Waals surface area (Å²) in [6.07, 6.45) is 0. The zero-order chi connectivity index (χ0) is 20.5. The van der Waals surface area contributed by atoms with Gasteiger partial charge in [-0.25, -0.2) is 4.99 Å². The number of carbonyl (C=O) groups excluding carboxylic acids is 1. The van der Waals surface area contributed by atoms with Crippen LogP contribution in [0.1, 0.15) is 31.1 Å². The van der Waals surface area contributed by atoms with Crippen molar-refractivity contribution in [2.75, 3.05) is 26.7 Å². The van der Waals surface area contributed by atoms with Gasteiger partial charge in [-0.1, -0.05) is 30.3 Å². The fourth-order valence-corrected chi connectivity index (χ4v) is 2.78. The first-order valence-corrected chi connectivity index (χ1v) is 9.62. The molecule has 1 aromatic carbocycles. The van der Waals surface area contributed by atoms with Crippen molar-refractivity contribution >= 4 is 11.9 Å². The Kier molecular flexibility index (Phi) is 7.98. The van der Waals surface area contributed by atoms with Gasteiger partial charge >= 0.3 is 0 Å². The number of likely N-dealkylation sites (N-methyl/N-ethyl adjacent to an activating group) is 2. The number of hydrogen-bond acceptors (Lipinski definition) is 4. The highest BCUT2D eigenvalue weighted by molar-refractivity contribution is 5.86. The summed E-state index contributed by atoms with van der Waals surface area (Å²) in [5, 5.41) is 11.6. The maximum Gasteiger partial charge on any atom is 0.242 e. The molecular formula is C20H31N7O. The lowest BCUT2D eigenvalue weighted by atomic mass is 10.2. The van der Waals surface area contributed by atoms with E-state index in [1.54, 1.807) is 0 Å². The zero-order valence-corrected chi connectivity index (χ0v) is 17.5. The Hall–Kier alpha value is -2.90. The first kappa shape index (κ1) is 21.4. The summed E-state index contributed by atoms with van der Waals surface area (Å²) in [5.41, 5.74) is 1.11. The maximum absolute atomic E-state index is 12.5. The molecule has 1 amide bonds. The Morgan fingerprint density at radius 2 is 1.86 bits per heavy atom. The lowest BCUT2D eigenvalue weighted by molar-refractivity contribution is -0.131. The number of aliphatic imine (C=N–C) groups is 1. The second-order valence-electron chi connectivity index (χ2n) is 6.62. The smallest absolute Gasteiger partial charge is 0.242 e. The van der Waals surface area contributed by atoms with E-state index in [4.69, 9.17) is 4.99 Å². The molecule has 152 valence electrons. The summed E-state index contributed by atoms with van der Waals surface area (Å²) in [4.78, 5) is 20.9. The fraction of sp³-hybridized carbons (Fsp3) is 0.500. The van der Waals surface area contributed by atoms with Crippen LogP contribution in [0.4, 0.5) is 0 Å². The number of aromatic nitrogens is 3. The van der Waals surface area contributed by atoms with Crippen LogP contribution in [0, 0.1) is 6.92 Å². The molecule has 2 aromatic rings. The molecule has 8 nitrogen and oxygen atoms in total. The molecule has 1 aromatic heterocycles. The van der Waals surface area contributed by atoms with E-state index in [1.807, 2.05) is 79.6 Å². The molecule has 28 heavy (non-hydrogen) atoms. The normalized spacial score (nSPS) is 11.4. The van der Waals surface area contributed by atoms with E-state index in [1.165, 1.54) is 0 Å². The topological polar surface area (TPSA) is 78.7 Å². The molecule has 8 heteroatoms. The van der Waals surface area contributed by atoms with Gasteiger partial charge in [0.15, 0.2) is 11.8 Å². The van der Waals surface area contributed by atoms with Crippen molar-refractivity contribution in [2.45, 2.75) is 33.9 Å². The van der Waals surface area contributed by atoms with Crippen molar-refractivity contribution in [1.29, 1.82) is 0 Å². The maximum atomic E-state index is 12.5. The third-order valence-electron chi connectivity index (χ3n) is 4.69. The van der Waals surface area contributed by atoms with Crippen molar-refractivity contribution in [1.82, 2.24) is 29.9 Å². The standard InChI is InChI=1S/C20H31N7O/c1-6-27(7-2)19(28)15-25(4)20(21-13-17-11-9-8-10-12-17)22-14-18-24-23-16(3)26(18)5/h8-12H,6-7,13-15H2,1-5H3,(H,21,22). The number of rotatable bonds is 8. The summed E-state index contributed by atoms with van der Waals surface area (Å²) < 4.78 is 1.93. The second kappa shape index (κ2) is 10.4. The molecule has 0 spiro atoms. The predicted molar refractivity (Wildman–Crippen MR) is 111 cm³/mol.